The first-order valence-corrected chi connectivity index (χ1v) is 9.36. The van der Waals surface area contributed by atoms with Crippen molar-refractivity contribution in [3.8, 4) is 0 Å². The van der Waals surface area contributed by atoms with Crippen LogP contribution in [0.3, 0.4) is 0 Å². The van der Waals surface area contributed by atoms with Crippen molar-refractivity contribution < 1.29 is 4.79 Å². The molecular weight excluding hydrogens is 342 g/mol. The summed E-state index contributed by atoms with van der Waals surface area (Å²) < 4.78 is 0. The molecule has 0 unspecified atom stereocenters. The number of carbonyl (C=O) groups is 1. The molecule has 24 heavy (non-hydrogen) atoms. The van der Waals surface area contributed by atoms with Gasteiger partial charge in [0.2, 0.25) is 5.91 Å². The summed E-state index contributed by atoms with van der Waals surface area (Å²) in [4.78, 5) is 14.9. The van der Waals surface area contributed by atoms with Gasteiger partial charge in [0, 0.05) is 30.7 Å². The van der Waals surface area contributed by atoms with Crippen LogP contribution in [-0.2, 0) is 16.9 Å². The summed E-state index contributed by atoms with van der Waals surface area (Å²) in [5, 5.41) is 7.73. The normalized spacial score (nSPS) is 20.7. The van der Waals surface area contributed by atoms with Crippen LogP contribution in [0, 0.1) is 0 Å². The molecule has 1 amide bonds. The fourth-order valence-electron chi connectivity index (χ4n) is 2.97. The number of likely N-dealkylation sites (tertiary alicyclic amines) is 1. The molecule has 3 rings (SSSR count). The third-order valence-electron chi connectivity index (χ3n) is 4.52. The summed E-state index contributed by atoms with van der Waals surface area (Å²) in [7, 11) is 0. The predicted octanol–water partition coefficient (Wildman–Crippen LogP) is 2.97. The van der Waals surface area contributed by atoms with Crippen molar-refractivity contribution >= 4 is 28.8 Å². The lowest BCUT2D eigenvalue weighted by Crippen LogP contribution is -2.52. The minimum Gasteiger partial charge on any atom is -0.350 e. The quantitative estimate of drug-likeness (QED) is 0.858. The van der Waals surface area contributed by atoms with Crippen molar-refractivity contribution in [3.05, 3.63) is 57.2 Å². The highest BCUT2D eigenvalue weighted by molar-refractivity contribution is 7.08. The Hall–Kier alpha value is -1.40. The van der Waals surface area contributed by atoms with Crippen molar-refractivity contribution in [2.45, 2.75) is 31.5 Å². The van der Waals surface area contributed by atoms with Gasteiger partial charge >= 0.3 is 0 Å². The Labute approximate surface area is 151 Å². The fraction of sp³-hybridized carbons (Fsp3) is 0.389. The second kappa shape index (κ2) is 7.23. The fourth-order valence-corrected chi connectivity index (χ4v) is 3.87. The van der Waals surface area contributed by atoms with Gasteiger partial charge in [-0.2, -0.15) is 11.3 Å². The maximum Gasteiger partial charge on any atom is 0.244 e. The molecule has 1 fully saturated rings. The van der Waals surface area contributed by atoms with E-state index >= 15 is 0 Å². The minimum absolute atomic E-state index is 0.112. The zero-order chi connectivity index (χ0) is 17.2. The topological polar surface area (TPSA) is 58.4 Å². The van der Waals surface area contributed by atoms with Gasteiger partial charge in [-0.05, 0) is 53.4 Å². The van der Waals surface area contributed by atoms with Gasteiger partial charge in [0.05, 0.1) is 0 Å². The molecule has 1 saturated heterocycles. The molecule has 1 aromatic carbocycles. The lowest BCUT2D eigenvalue weighted by molar-refractivity contribution is -0.126. The van der Waals surface area contributed by atoms with Crippen LogP contribution < -0.4 is 11.1 Å². The molecule has 4 nitrogen and oxygen atoms in total. The monoisotopic (exact) mass is 363 g/mol. The first-order chi connectivity index (χ1) is 11.4. The number of hydrogen-bond donors (Lipinski definition) is 2. The number of thiophene rings is 1. The SMILES string of the molecule is C[C@](N)(C(=O)N[C@@H]1CCN(Cc2ccc(Cl)cc2)C1)c1ccsc1. The second-order valence-corrected chi connectivity index (χ2v) is 7.75. The van der Waals surface area contributed by atoms with Crippen molar-refractivity contribution in [3.63, 3.8) is 0 Å². The molecule has 0 aliphatic carbocycles. The predicted molar refractivity (Wildman–Crippen MR) is 99.1 cm³/mol. The number of carbonyl (C=O) groups excluding carboxylic acids is 1. The zero-order valence-corrected chi connectivity index (χ0v) is 15.2. The van der Waals surface area contributed by atoms with E-state index in [0.29, 0.717) is 0 Å². The number of amides is 1. The summed E-state index contributed by atoms with van der Waals surface area (Å²) in [5.74, 6) is -0.112. The Morgan fingerprint density at radius 3 is 2.83 bits per heavy atom. The average Bonchev–Trinajstić information content (AvgIpc) is 3.22. The molecule has 2 atom stereocenters. The van der Waals surface area contributed by atoms with Crippen LogP contribution in [0.15, 0.2) is 41.1 Å². The molecule has 3 N–H and O–H groups in total. The Bertz CT molecular complexity index is 685. The van der Waals surface area contributed by atoms with E-state index in [9.17, 15) is 4.79 Å². The van der Waals surface area contributed by atoms with Crippen molar-refractivity contribution in [1.29, 1.82) is 0 Å². The van der Waals surface area contributed by atoms with Gasteiger partial charge in [-0.1, -0.05) is 23.7 Å². The van der Waals surface area contributed by atoms with E-state index in [-0.39, 0.29) is 11.9 Å². The number of rotatable bonds is 5. The van der Waals surface area contributed by atoms with Gasteiger partial charge in [-0.3, -0.25) is 9.69 Å². The van der Waals surface area contributed by atoms with E-state index in [1.807, 2.05) is 41.1 Å². The van der Waals surface area contributed by atoms with Crippen molar-refractivity contribution in [2.24, 2.45) is 5.73 Å². The van der Waals surface area contributed by atoms with Gasteiger partial charge in [-0.15, -0.1) is 0 Å². The van der Waals surface area contributed by atoms with Crippen LogP contribution in [-0.4, -0.2) is 29.9 Å². The largest absolute Gasteiger partial charge is 0.350 e. The van der Waals surface area contributed by atoms with E-state index in [0.717, 1.165) is 36.6 Å². The molecule has 1 aliphatic heterocycles. The summed E-state index contributed by atoms with van der Waals surface area (Å²) in [6.07, 6.45) is 0.943. The molecule has 0 spiro atoms. The molecule has 2 heterocycles. The Kier molecular flexibility index (Phi) is 5.25. The molecule has 6 heteroatoms. The number of nitrogens with one attached hydrogen (secondary N) is 1. The molecule has 0 saturated carbocycles. The maximum atomic E-state index is 12.6. The Morgan fingerprint density at radius 1 is 1.42 bits per heavy atom. The maximum absolute atomic E-state index is 12.6. The van der Waals surface area contributed by atoms with E-state index < -0.39 is 5.54 Å². The molecule has 0 radical (unpaired) electrons. The average molecular weight is 364 g/mol. The van der Waals surface area contributed by atoms with Crippen LogP contribution >= 0.6 is 22.9 Å². The zero-order valence-electron chi connectivity index (χ0n) is 13.7. The first kappa shape index (κ1) is 17.4. The lowest BCUT2D eigenvalue weighted by Gasteiger charge is -2.25. The molecule has 128 valence electrons. The molecule has 2 aromatic rings. The highest BCUT2D eigenvalue weighted by Gasteiger charge is 2.34. The van der Waals surface area contributed by atoms with Crippen LogP contribution in [0.4, 0.5) is 0 Å². The number of nitrogens with two attached hydrogens (primary N) is 1. The van der Waals surface area contributed by atoms with E-state index in [1.165, 1.54) is 5.56 Å². The van der Waals surface area contributed by atoms with Gasteiger partial charge in [0.15, 0.2) is 0 Å². The van der Waals surface area contributed by atoms with Crippen molar-refractivity contribution in [1.82, 2.24) is 10.2 Å². The molecular formula is C18H22ClN3OS. The van der Waals surface area contributed by atoms with E-state index in [4.69, 9.17) is 17.3 Å². The first-order valence-electron chi connectivity index (χ1n) is 8.04. The highest BCUT2D eigenvalue weighted by Crippen LogP contribution is 2.22. The van der Waals surface area contributed by atoms with Gasteiger partial charge in [0.1, 0.15) is 5.54 Å². The Morgan fingerprint density at radius 2 is 2.17 bits per heavy atom. The van der Waals surface area contributed by atoms with Crippen LogP contribution in [0.5, 0.6) is 0 Å². The highest BCUT2D eigenvalue weighted by atomic mass is 35.5. The van der Waals surface area contributed by atoms with E-state index in [2.05, 4.69) is 10.2 Å². The van der Waals surface area contributed by atoms with Crippen molar-refractivity contribution in [2.75, 3.05) is 13.1 Å². The number of nitrogens with zero attached hydrogens (tertiary/aromatic N) is 1. The van der Waals surface area contributed by atoms with E-state index in [1.54, 1.807) is 18.3 Å². The molecule has 1 aliphatic rings. The summed E-state index contributed by atoms with van der Waals surface area (Å²) in [6.45, 7) is 4.44. The molecule has 0 bridgehead atoms. The summed E-state index contributed by atoms with van der Waals surface area (Å²) >= 11 is 7.47. The lowest BCUT2D eigenvalue weighted by atomic mass is 9.94. The van der Waals surface area contributed by atoms with Gasteiger partial charge in [-0.25, -0.2) is 0 Å². The molecule has 1 aromatic heterocycles. The third-order valence-corrected chi connectivity index (χ3v) is 5.45. The minimum atomic E-state index is -0.983. The summed E-state index contributed by atoms with van der Waals surface area (Å²) in [6, 6.07) is 9.96. The third kappa shape index (κ3) is 3.98. The van der Waals surface area contributed by atoms with Crippen LogP contribution in [0.2, 0.25) is 5.02 Å². The standard InChI is InChI=1S/C18H22ClN3OS/c1-18(20,14-7-9-24-12-14)17(23)21-16-6-8-22(11-16)10-13-2-4-15(19)5-3-13/h2-5,7,9,12,16H,6,8,10-11,20H2,1H3,(H,21,23)/t16-,18-/m1/s1. The smallest absolute Gasteiger partial charge is 0.244 e. The number of halogens is 1. The Balaban J connectivity index is 1.54. The second-order valence-electron chi connectivity index (χ2n) is 6.54. The summed E-state index contributed by atoms with van der Waals surface area (Å²) in [5.41, 5.74) is 7.35. The number of benzene rings is 1. The van der Waals surface area contributed by atoms with Gasteiger partial charge in [0.25, 0.3) is 0 Å². The van der Waals surface area contributed by atoms with Crippen LogP contribution in [0.1, 0.15) is 24.5 Å². The number of hydrogen-bond acceptors (Lipinski definition) is 4. The van der Waals surface area contributed by atoms with Gasteiger partial charge < -0.3 is 11.1 Å². The van der Waals surface area contributed by atoms with Crippen LogP contribution in [0.25, 0.3) is 0 Å².